The summed E-state index contributed by atoms with van der Waals surface area (Å²) in [6, 6.07) is 9.01. The smallest absolute Gasteiger partial charge is 0.276 e. The van der Waals surface area contributed by atoms with Gasteiger partial charge in [-0.2, -0.15) is 13.5 Å². The SMILES string of the molecule is CCOc1cccc(/C=N/NS(=O)(=O)c2ccc(OC)c(OC)c2)c1O. The zero-order valence-corrected chi connectivity index (χ0v) is 15.4. The van der Waals surface area contributed by atoms with Gasteiger partial charge in [-0.15, -0.1) is 0 Å². The quantitative estimate of drug-likeness (QED) is 0.537. The Morgan fingerprint density at radius 2 is 1.85 bits per heavy atom. The van der Waals surface area contributed by atoms with E-state index in [9.17, 15) is 13.5 Å². The van der Waals surface area contributed by atoms with E-state index < -0.39 is 10.0 Å². The van der Waals surface area contributed by atoms with Gasteiger partial charge in [0, 0.05) is 11.6 Å². The van der Waals surface area contributed by atoms with Crippen LogP contribution in [0.25, 0.3) is 0 Å². The number of para-hydroxylation sites is 1. The van der Waals surface area contributed by atoms with Crippen LogP contribution in [0.15, 0.2) is 46.4 Å². The molecule has 0 spiro atoms. The number of nitrogens with zero attached hydrogens (tertiary/aromatic N) is 1. The van der Waals surface area contributed by atoms with Crippen LogP contribution in [0.4, 0.5) is 0 Å². The molecule has 0 saturated heterocycles. The topological polar surface area (TPSA) is 106 Å². The normalized spacial score (nSPS) is 11.3. The summed E-state index contributed by atoms with van der Waals surface area (Å²) in [6.07, 6.45) is 1.19. The van der Waals surface area contributed by atoms with E-state index in [0.717, 1.165) is 0 Å². The van der Waals surface area contributed by atoms with Crippen molar-refractivity contribution in [2.75, 3.05) is 20.8 Å². The highest BCUT2D eigenvalue weighted by molar-refractivity contribution is 7.89. The Bertz CT molecular complexity index is 896. The lowest BCUT2D eigenvalue weighted by Crippen LogP contribution is -2.18. The maximum absolute atomic E-state index is 12.3. The van der Waals surface area contributed by atoms with Gasteiger partial charge in [0.2, 0.25) is 0 Å². The number of rotatable bonds is 8. The van der Waals surface area contributed by atoms with Crippen LogP contribution in [0.2, 0.25) is 0 Å². The molecule has 0 amide bonds. The molecule has 0 aliphatic rings. The number of hydrogen-bond acceptors (Lipinski definition) is 7. The molecule has 0 bridgehead atoms. The van der Waals surface area contributed by atoms with Gasteiger partial charge in [-0.3, -0.25) is 0 Å². The molecule has 2 N–H and O–H groups in total. The maximum Gasteiger partial charge on any atom is 0.276 e. The van der Waals surface area contributed by atoms with Crippen molar-refractivity contribution in [1.29, 1.82) is 0 Å². The van der Waals surface area contributed by atoms with Crippen LogP contribution in [0.3, 0.4) is 0 Å². The molecule has 0 aliphatic heterocycles. The van der Waals surface area contributed by atoms with Gasteiger partial charge in [-0.05, 0) is 31.2 Å². The fourth-order valence-corrected chi connectivity index (χ4v) is 2.92. The second-order valence-corrected chi connectivity index (χ2v) is 6.66. The van der Waals surface area contributed by atoms with Crippen LogP contribution in [0.5, 0.6) is 23.0 Å². The van der Waals surface area contributed by atoms with Crippen molar-refractivity contribution in [3.05, 3.63) is 42.0 Å². The Kier molecular flexibility index (Phi) is 6.29. The number of nitrogens with one attached hydrogen (secondary N) is 1. The van der Waals surface area contributed by atoms with E-state index in [-0.39, 0.29) is 16.4 Å². The van der Waals surface area contributed by atoms with Crippen molar-refractivity contribution in [2.24, 2.45) is 5.10 Å². The molecule has 26 heavy (non-hydrogen) atoms. The summed E-state index contributed by atoms with van der Waals surface area (Å²) >= 11 is 0. The first-order valence-corrected chi connectivity index (χ1v) is 9.13. The molecule has 0 aromatic heterocycles. The van der Waals surface area contributed by atoms with Crippen LogP contribution in [0, 0.1) is 0 Å². The van der Waals surface area contributed by atoms with Gasteiger partial charge < -0.3 is 19.3 Å². The maximum atomic E-state index is 12.3. The summed E-state index contributed by atoms with van der Waals surface area (Å²) in [7, 11) is -1.05. The Hall–Kier alpha value is -2.94. The first-order chi connectivity index (χ1) is 12.4. The van der Waals surface area contributed by atoms with Crippen molar-refractivity contribution in [2.45, 2.75) is 11.8 Å². The zero-order valence-electron chi connectivity index (χ0n) is 14.6. The molecule has 2 rings (SSSR count). The summed E-state index contributed by atoms with van der Waals surface area (Å²) in [4.78, 5) is 2.04. The number of phenols is 1. The van der Waals surface area contributed by atoms with Gasteiger partial charge in [0.15, 0.2) is 23.0 Å². The molecule has 0 atom stereocenters. The number of hydrazone groups is 1. The summed E-state index contributed by atoms with van der Waals surface area (Å²) in [6.45, 7) is 2.18. The van der Waals surface area contributed by atoms with Crippen LogP contribution in [0.1, 0.15) is 12.5 Å². The number of benzene rings is 2. The standard InChI is InChI=1S/C17H20N2O6S/c1-4-25-15-7-5-6-12(17(15)20)11-18-19-26(21,22)13-8-9-14(23-2)16(10-13)24-3/h5-11,19-20H,4H2,1-3H3/b18-11+. The minimum Gasteiger partial charge on any atom is -0.504 e. The summed E-state index contributed by atoms with van der Waals surface area (Å²) in [5.74, 6) is 0.858. The number of ether oxygens (including phenoxy) is 3. The Labute approximate surface area is 152 Å². The van der Waals surface area contributed by atoms with Crippen LogP contribution in [-0.2, 0) is 10.0 Å². The summed E-state index contributed by atoms with van der Waals surface area (Å²) in [5, 5.41) is 13.8. The molecule has 9 heteroatoms. The molecule has 0 heterocycles. The molecule has 2 aromatic rings. The minimum absolute atomic E-state index is 0.0420. The lowest BCUT2D eigenvalue weighted by molar-refractivity contribution is 0.318. The third kappa shape index (κ3) is 4.37. The highest BCUT2D eigenvalue weighted by atomic mass is 32.2. The lowest BCUT2D eigenvalue weighted by atomic mass is 10.2. The molecular formula is C17H20N2O6S. The van der Waals surface area contributed by atoms with Gasteiger partial charge in [-0.1, -0.05) is 6.07 Å². The Balaban J connectivity index is 2.20. The van der Waals surface area contributed by atoms with E-state index in [2.05, 4.69) is 9.93 Å². The van der Waals surface area contributed by atoms with Crippen LogP contribution >= 0.6 is 0 Å². The van der Waals surface area contributed by atoms with Gasteiger partial charge in [-0.25, -0.2) is 4.83 Å². The predicted molar refractivity (Wildman–Crippen MR) is 96.7 cm³/mol. The van der Waals surface area contributed by atoms with E-state index in [1.165, 1.54) is 38.6 Å². The molecule has 0 saturated carbocycles. The molecule has 0 unspecified atom stereocenters. The monoisotopic (exact) mass is 380 g/mol. The van der Waals surface area contributed by atoms with E-state index in [0.29, 0.717) is 23.7 Å². The number of phenolic OH excluding ortho intramolecular Hbond substituents is 1. The third-order valence-electron chi connectivity index (χ3n) is 3.37. The molecule has 0 fully saturated rings. The zero-order chi connectivity index (χ0) is 19.2. The molecule has 0 radical (unpaired) electrons. The highest BCUT2D eigenvalue weighted by Crippen LogP contribution is 2.30. The van der Waals surface area contributed by atoms with Gasteiger partial charge in [0.25, 0.3) is 10.0 Å². The molecule has 140 valence electrons. The summed E-state index contributed by atoms with van der Waals surface area (Å²) in [5.41, 5.74) is 0.311. The largest absolute Gasteiger partial charge is 0.504 e. The van der Waals surface area contributed by atoms with Crippen molar-refractivity contribution in [3.63, 3.8) is 0 Å². The average molecular weight is 380 g/mol. The number of hydrogen-bond donors (Lipinski definition) is 2. The lowest BCUT2D eigenvalue weighted by Gasteiger charge is -2.10. The molecule has 0 aliphatic carbocycles. The van der Waals surface area contributed by atoms with Crippen LogP contribution in [-0.4, -0.2) is 40.6 Å². The van der Waals surface area contributed by atoms with Gasteiger partial charge in [0.05, 0.1) is 31.9 Å². The van der Waals surface area contributed by atoms with Gasteiger partial charge in [0.1, 0.15) is 0 Å². The average Bonchev–Trinajstić information content (AvgIpc) is 2.64. The second kappa shape index (κ2) is 8.43. The van der Waals surface area contributed by atoms with E-state index in [1.54, 1.807) is 25.1 Å². The first kappa shape index (κ1) is 19.4. The summed E-state index contributed by atoms with van der Waals surface area (Å²) < 4.78 is 40.1. The Morgan fingerprint density at radius 1 is 1.12 bits per heavy atom. The fraction of sp³-hybridized carbons (Fsp3) is 0.235. The second-order valence-electron chi connectivity index (χ2n) is 5.00. The van der Waals surface area contributed by atoms with E-state index in [1.807, 2.05) is 0 Å². The minimum atomic E-state index is -3.92. The van der Waals surface area contributed by atoms with Crippen molar-refractivity contribution < 1.29 is 27.7 Å². The van der Waals surface area contributed by atoms with Crippen molar-refractivity contribution in [1.82, 2.24) is 4.83 Å². The fourth-order valence-electron chi connectivity index (χ4n) is 2.12. The van der Waals surface area contributed by atoms with Gasteiger partial charge >= 0.3 is 0 Å². The number of sulfonamides is 1. The number of methoxy groups -OCH3 is 2. The van der Waals surface area contributed by atoms with E-state index in [4.69, 9.17) is 14.2 Å². The van der Waals surface area contributed by atoms with Crippen molar-refractivity contribution >= 4 is 16.2 Å². The first-order valence-electron chi connectivity index (χ1n) is 7.64. The molecular weight excluding hydrogens is 360 g/mol. The highest BCUT2D eigenvalue weighted by Gasteiger charge is 2.16. The third-order valence-corrected chi connectivity index (χ3v) is 4.59. The predicted octanol–water partition coefficient (Wildman–Crippen LogP) is 2.12. The van der Waals surface area contributed by atoms with Crippen molar-refractivity contribution in [3.8, 4) is 23.0 Å². The Morgan fingerprint density at radius 3 is 2.50 bits per heavy atom. The van der Waals surface area contributed by atoms with Crippen LogP contribution < -0.4 is 19.0 Å². The molecule has 2 aromatic carbocycles. The van der Waals surface area contributed by atoms with E-state index >= 15 is 0 Å². The molecule has 8 nitrogen and oxygen atoms in total. The number of aromatic hydroxyl groups is 1.